The van der Waals surface area contributed by atoms with Gasteiger partial charge in [0.05, 0.1) is 0 Å². The Balaban J connectivity index is 4.39. The summed E-state index contributed by atoms with van der Waals surface area (Å²) in [6.07, 6.45) is 67.7. The third-order valence-electron chi connectivity index (χ3n) is 12.3. The molecule has 6 nitrogen and oxygen atoms in total. The van der Waals surface area contributed by atoms with Crippen molar-refractivity contribution in [2.24, 2.45) is 0 Å². The van der Waals surface area contributed by atoms with Crippen molar-refractivity contribution in [3.05, 3.63) is 60.8 Å². The van der Waals surface area contributed by atoms with Gasteiger partial charge in [-0.1, -0.05) is 229 Å². The van der Waals surface area contributed by atoms with E-state index in [1.807, 2.05) is 0 Å². The van der Waals surface area contributed by atoms with Crippen LogP contribution in [0.25, 0.3) is 0 Å². The molecule has 1 unspecified atom stereocenters. The van der Waals surface area contributed by atoms with Gasteiger partial charge in [0.15, 0.2) is 6.10 Å². The van der Waals surface area contributed by atoms with Gasteiger partial charge in [0.25, 0.3) is 0 Å². The molecule has 0 aliphatic rings. The number of ether oxygens (including phenoxy) is 3. The van der Waals surface area contributed by atoms with Crippen LogP contribution in [0.15, 0.2) is 60.8 Å². The normalized spacial score (nSPS) is 12.5. The summed E-state index contributed by atoms with van der Waals surface area (Å²) in [4.78, 5) is 38.1. The summed E-state index contributed by atoms with van der Waals surface area (Å²) in [5, 5.41) is 0. The van der Waals surface area contributed by atoms with Crippen LogP contribution < -0.4 is 0 Å². The highest BCUT2D eigenvalue weighted by Gasteiger charge is 2.19. The molecule has 0 aliphatic carbocycles. The number of carbonyl (C=O) groups is 3. The predicted octanol–water partition coefficient (Wildman–Crippen LogP) is 18.8. The molecule has 0 saturated carbocycles. The van der Waals surface area contributed by atoms with Gasteiger partial charge in [-0.15, -0.1) is 0 Å². The standard InChI is InChI=1S/C60H106O6/c1-4-7-10-13-16-19-22-25-28-29-30-31-33-35-38-41-44-47-50-53-59(62)65-56-57(55-64-58(61)52-49-46-43-40-37-34-27-24-21-18-15-12-9-6-3)66-60(63)54-51-48-45-42-39-36-32-26-23-20-17-14-11-8-5-2/h16-17,19-20,22-23,25-26,34,37,57H,4-15,18,21,24,27-33,35-36,38-56H2,1-3H3/b19-16-,20-17-,25-22-,26-23-,37-34-. The Labute approximate surface area is 409 Å². The van der Waals surface area contributed by atoms with Crippen molar-refractivity contribution in [2.45, 2.75) is 290 Å². The molecule has 66 heavy (non-hydrogen) atoms. The van der Waals surface area contributed by atoms with Crippen LogP contribution in [0.5, 0.6) is 0 Å². The fourth-order valence-electron chi connectivity index (χ4n) is 7.95. The average molecular weight is 924 g/mol. The molecular formula is C60H106O6. The summed E-state index contributed by atoms with van der Waals surface area (Å²) >= 11 is 0. The van der Waals surface area contributed by atoms with Crippen molar-refractivity contribution in [1.82, 2.24) is 0 Å². The van der Waals surface area contributed by atoms with Gasteiger partial charge in [-0.2, -0.15) is 0 Å². The van der Waals surface area contributed by atoms with Gasteiger partial charge in [-0.3, -0.25) is 14.4 Å². The SMILES string of the molecule is CCCCC/C=C\C=C/CCCCCCCCCCCCC(=O)OCC(COC(=O)CCCCC/C=C\CCCCCCCCC)OC(=O)CCCCCCCC/C=C\C=C/CCCCC. The minimum Gasteiger partial charge on any atom is -0.462 e. The van der Waals surface area contributed by atoms with Crippen LogP contribution in [-0.2, 0) is 28.6 Å². The number of esters is 3. The monoisotopic (exact) mass is 923 g/mol. The van der Waals surface area contributed by atoms with Gasteiger partial charge in [0.1, 0.15) is 13.2 Å². The largest absolute Gasteiger partial charge is 0.462 e. The number of hydrogen-bond donors (Lipinski definition) is 0. The number of rotatable bonds is 51. The van der Waals surface area contributed by atoms with Gasteiger partial charge >= 0.3 is 17.9 Å². The van der Waals surface area contributed by atoms with Crippen molar-refractivity contribution in [1.29, 1.82) is 0 Å². The van der Waals surface area contributed by atoms with E-state index in [-0.39, 0.29) is 31.1 Å². The molecule has 0 fully saturated rings. The zero-order chi connectivity index (χ0) is 47.9. The first-order chi connectivity index (χ1) is 32.5. The maximum absolute atomic E-state index is 12.8. The summed E-state index contributed by atoms with van der Waals surface area (Å²) < 4.78 is 16.8. The molecule has 1 atom stereocenters. The van der Waals surface area contributed by atoms with Gasteiger partial charge in [-0.05, 0) is 96.3 Å². The molecule has 0 rings (SSSR count). The zero-order valence-electron chi connectivity index (χ0n) is 43.7. The smallest absolute Gasteiger partial charge is 0.306 e. The molecular weight excluding hydrogens is 817 g/mol. The average Bonchev–Trinajstić information content (AvgIpc) is 3.31. The Morgan fingerprint density at radius 2 is 0.545 bits per heavy atom. The maximum atomic E-state index is 12.8. The topological polar surface area (TPSA) is 78.9 Å². The molecule has 382 valence electrons. The third-order valence-corrected chi connectivity index (χ3v) is 12.3. The van der Waals surface area contributed by atoms with E-state index in [0.717, 1.165) is 83.5 Å². The molecule has 0 radical (unpaired) electrons. The first-order valence-corrected chi connectivity index (χ1v) is 28.3. The van der Waals surface area contributed by atoms with Gasteiger partial charge in [-0.25, -0.2) is 0 Å². The molecule has 0 bridgehead atoms. The van der Waals surface area contributed by atoms with Crippen molar-refractivity contribution in [2.75, 3.05) is 13.2 Å². The molecule has 0 amide bonds. The van der Waals surface area contributed by atoms with Gasteiger partial charge in [0.2, 0.25) is 0 Å². The lowest BCUT2D eigenvalue weighted by Crippen LogP contribution is -2.30. The van der Waals surface area contributed by atoms with Crippen LogP contribution in [0.3, 0.4) is 0 Å². The highest BCUT2D eigenvalue weighted by molar-refractivity contribution is 5.71. The van der Waals surface area contributed by atoms with Crippen LogP contribution in [0, 0.1) is 0 Å². The Morgan fingerprint density at radius 1 is 0.303 bits per heavy atom. The fraction of sp³-hybridized carbons (Fsp3) is 0.783. The van der Waals surface area contributed by atoms with Crippen molar-refractivity contribution < 1.29 is 28.6 Å². The Morgan fingerprint density at radius 3 is 0.894 bits per heavy atom. The summed E-state index contributed by atoms with van der Waals surface area (Å²) in [5.74, 6) is -0.907. The summed E-state index contributed by atoms with van der Waals surface area (Å²) in [6, 6.07) is 0. The van der Waals surface area contributed by atoms with Gasteiger partial charge < -0.3 is 14.2 Å². The molecule has 0 spiro atoms. The Hall–Kier alpha value is -2.89. The number of unbranched alkanes of at least 4 members (excludes halogenated alkanes) is 32. The lowest BCUT2D eigenvalue weighted by Gasteiger charge is -2.18. The Kier molecular flexibility index (Phi) is 52.3. The van der Waals surface area contributed by atoms with E-state index in [9.17, 15) is 14.4 Å². The molecule has 0 N–H and O–H groups in total. The van der Waals surface area contributed by atoms with E-state index in [2.05, 4.69) is 81.5 Å². The molecule has 0 aliphatic heterocycles. The second kappa shape index (κ2) is 54.7. The first kappa shape index (κ1) is 63.1. The summed E-state index contributed by atoms with van der Waals surface area (Å²) in [6.45, 7) is 6.57. The van der Waals surface area contributed by atoms with E-state index in [4.69, 9.17) is 14.2 Å². The van der Waals surface area contributed by atoms with Crippen LogP contribution >= 0.6 is 0 Å². The van der Waals surface area contributed by atoms with E-state index >= 15 is 0 Å². The van der Waals surface area contributed by atoms with Crippen LogP contribution in [0.4, 0.5) is 0 Å². The van der Waals surface area contributed by atoms with Crippen LogP contribution in [-0.4, -0.2) is 37.2 Å². The van der Waals surface area contributed by atoms with Crippen molar-refractivity contribution in [3.63, 3.8) is 0 Å². The van der Waals surface area contributed by atoms with E-state index in [1.165, 1.54) is 161 Å². The Bertz CT molecular complexity index is 1200. The predicted molar refractivity (Wildman–Crippen MR) is 284 cm³/mol. The van der Waals surface area contributed by atoms with E-state index in [0.29, 0.717) is 19.3 Å². The highest BCUT2D eigenvalue weighted by Crippen LogP contribution is 2.15. The lowest BCUT2D eigenvalue weighted by atomic mass is 10.1. The first-order valence-electron chi connectivity index (χ1n) is 28.3. The van der Waals surface area contributed by atoms with E-state index < -0.39 is 6.10 Å². The second-order valence-electron chi connectivity index (χ2n) is 18.9. The molecule has 0 aromatic carbocycles. The number of allylic oxidation sites excluding steroid dienone is 10. The summed E-state index contributed by atoms with van der Waals surface area (Å²) in [7, 11) is 0. The quantitative estimate of drug-likeness (QED) is 0.0199. The third kappa shape index (κ3) is 52.1. The minimum absolute atomic E-state index is 0.0847. The molecule has 0 aromatic rings. The van der Waals surface area contributed by atoms with Gasteiger partial charge in [0, 0.05) is 19.3 Å². The van der Waals surface area contributed by atoms with Crippen LogP contribution in [0.2, 0.25) is 0 Å². The van der Waals surface area contributed by atoms with E-state index in [1.54, 1.807) is 0 Å². The van der Waals surface area contributed by atoms with Crippen molar-refractivity contribution >= 4 is 17.9 Å². The second-order valence-corrected chi connectivity index (χ2v) is 18.9. The molecule has 6 heteroatoms. The molecule has 0 saturated heterocycles. The minimum atomic E-state index is -0.787. The number of carbonyl (C=O) groups excluding carboxylic acids is 3. The molecule has 0 aromatic heterocycles. The fourth-order valence-corrected chi connectivity index (χ4v) is 7.95. The van der Waals surface area contributed by atoms with Crippen molar-refractivity contribution in [3.8, 4) is 0 Å². The number of hydrogen-bond acceptors (Lipinski definition) is 6. The maximum Gasteiger partial charge on any atom is 0.306 e. The lowest BCUT2D eigenvalue weighted by molar-refractivity contribution is -0.167. The summed E-state index contributed by atoms with van der Waals surface area (Å²) in [5.41, 5.74) is 0. The zero-order valence-corrected chi connectivity index (χ0v) is 43.7. The highest BCUT2D eigenvalue weighted by atomic mass is 16.6. The van der Waals surface area contributed by atoms with Crippen LogP contribution in [0.1, 0.15) is 284 Å². The molecule has 0 heterocycles.